The molecule has 1 aliphatic heterocycles. The van der Waals surface area contributed by atoms with Crippen molar-refractivity contribution in [3.63, 3.8) is 0 Å². The molecule has 4 heteroatoms. The summed E-state index contributed by atoms with van der Waals surface area (Å²) in [7, 11) is 0. The molecule has 2 aliphatic carbocycles. The van der Waals surface area contributed by atoms with Crippen LogP contribution in [-0.4, -0.2) is 16.2 Å². The molecule has 0 bridgehead atoms. The Hall–Kier alpha value is -0.900. The number of nitrogens with zero attached hydrogens (tertiary/aromatic N) is 2. The van der Waals surface area contributed by atoms with E-state index in [1.54, 1.807) is 0 Å². The van der Waals surface area contributed by atoms with E-state index in [9.17, 15) is 0 Å². The summed E-state index contributed by atoms with van der Waals surface area (Å²) in [6.45, 7) is 2.35. The van der Waals surface area contributed by atoms with E-state index in [2.05, 4.69) is 17.4 Å². The summed E-state index contributed by atoms with van der Waals surface area (Å²) in [5, 5.41) is 8.04. The van der Waals surface area contributed by atoms with Crippen LogP contribution >= 0.6 is 0 Å². The topological polar surface area (TPSA) is 51.0 Å². The van der Waals surface area contributed by atoms with Gasteiger partial charge in [-0.1, -0.05) is 37.8 Å². The summed E-state index contributed by atoms with van der Waals surface area (Å²) in [6.07, 6.45) is 11.7. The first-order chi connectivity index (χ1) is 10.3. The van der Waals surface area contributed by atoms with Crippen molar-refractivity contribution in [1.82, 2.24) is 15.5 Å². The minimum atomic E-state index is 0.307. The highest BCUT2D eigenvalue weighted by Crippen LogP contribution is 2.39. The van der Waals surface area contributed by atoms with E-state index in [-0.39, 0.29) is 0 Å². The van der Waals surface area contributed by atoms with Crippen LogP contribution in [0.5, 0.6) is 0 Å². The largest absolute Gasteiger partial charge is 0.338 e. The summed E-state index contributed by atoms with van der Waals surface area (Å²) in [5.41, 5.74) is 0. The molecule has 2 saturated carbocycles. The average Bonchev–Trinajstić information content (AvgIpc) is 3.14. The van der Waals surface area contributed by atoms with Crippen LogP contribution < -0.4 is 5.32 Å². The van der Waals surface area contributed by atoms with E-state index < -0.39 is 0 Å². The molecule has 2 heterocycles. The van der Waals surface area contributed by atoms with E-state index in [0.29, 0.717) is 18.0 Å². The molecule has 1 aromatic rings. The third kappa shape index (κ3) is 2.75. The molecule has 1 saturated heterocycles. The zero-order valence-corrected chi connectivity index (χ0v) is 13.1. The molecular formula is C17H27N3O. The Balaban J connectivity index is 1.43. The molecule has 3 aliphatic rings. The predicted octanol–water partition coefficient (Wildman–Crippen LogP) is 3.96. The second kappa shape index (κ2) is 5.71. The Labute approximate surface area is 127 Å². The lowest BCUT2D eigenvalue weighted by molar-refractivity contribution is 0.314. The molecular weight excluding hydrogens is 262 g/mol. The Bertz CT molecular complexity index is 464. The third-order valence-electron chi connectivity index (χ3n) is 6.00. The second-order valence-corrected chi connectivity index (χ2v) is 7.55. The highest BCUT2D eigenvalue weighted by Gasteiger charge is 2.38. The zero-order chi connectivity index (χ0) is 14.2. The predicted molar refractivity (Wildman–Crippen MR) is 80.9 cm³/mol. The number of aromatic nitrogens is 2. The molecule has 21 heavy (non-hydrogen) atoms. The van der Waals surface area contributed by atoms with Crippen LogP contribution in [0.4, 0.5) is 0 Å². The zero-order valence-electron chi connectivity index (χ0n) is 13.1. The molecule has 4 nitrogen and oxygen atoms in total. The van der Waals surface area contributed by atoms with Crippen molar-refractivity contribution in [1.29, 1.82) is 0 Å². The first-order valence-corrected chi connectivity index (χ1v) is 8.89. The Morgan fingerprint density at radius 1 is 1.05 bits per heavy atom. The fraction of sp³-hybridized carbons (Fsp3) is 0.882. The van der Waals surface area contributed by atoms with Crippen LogP contribution in [0.25, 0.3) is 0 Å². The number of hydrogen-bond acceptors (Lipinski definition) is 4. The molecule has 0 amide bonds. The average molecular weight is 289 g/mol. The minimum absolute atomic E-state index is 0.307. The molecule has 0 spiro atoms. The van der Waals surface area contributed by atoms with Gasteiger partial charge in [0.25, 0.3) is 0 Å². The molecule has 3 unspecified atom stereocenters. The lowest BCUT2D eigenvalue weighted by atomic mass is 9.83. The lowest BCUT2D eigenvalue weighted by Gasteiger charge is -2.24. The van der Waals surface area contributed by atoms with Crippen LogP contribution in [0.1, 0.15) is 88.4 Å². The van der Waals surface area contributed by atoms with Gasteiger partial charge in [-0.15, -0.1) is 0 Å². The van der Waals surface area contributed by atoms with Gasteiger partial charge in [0.1, 0.15) is 0 Å². The standard InChI is InChI=1S/C17H27N3O/c1-11-6-8-12(9-7-11)16-19-17(21-20-16)15-10-13-4-2-3-5-14(13)18-15/h11-15,18H,2-10H2,1H3. The van der Waals surface area contributed by atoms with Crippen molar-refractivity contribution in [3.05, 3.63) is 11.7 Å². The second-order valence-electron chi connectivity index (χ2n) is 7.55. The molecule has 116 valence electrons. The van der Waals surface area contributed by atoms with Crippen molar-refractivity contribution in [2.24, 2.45) is 11.8 Å². The quantitative estimate of drug-likeness (QED) is 0.895. The van der Waals surface area contributed by atoms with Crippen molar-refractivity contribution in [2.75, 3.05) is 0 Å². The highest BCUT2D eigenvalue weighted by molar-refractivity contribution is 5.04. The van der Waals surface area contributed by atoms with Gasteiger partial charge in [0.05, 0.1) is 6.04 Å². The molecule has 4 rings (SSSR count). The van der Waals surface area contributed by atoms with E-state index >= 15 is 0 Å². The SMILES string of the molecule is CC1CCC(c2noc(C3CC4CCCCC4N3)n2)CC1. The highest BCUT2D eigenvalue weighted by atomic mass is 16.5. The molecule has 0 aromatic carbocycles. The monoisotopic (exact) mass is 289 g/mol. The van der Waals surface area contributed by atoms with Gasteiger partial charge in [-0.25, -0.2) is 0 Å². The van der Waals surface area contributed by atoms with E-state index in [4.69, 9.17) is 9.51 Å². The van der Waals surface area contributed by atoms with Crippen molar-refractivity contribution < 1.29 is 4.52 Å². The fourth-order valence-electron chi connectivity index (χ4n) is 4.58. The maximum atomic E-state index is 5.61. The summed E-state index contributed by atoms with van der Waals surface area (Å²) in [5.74, 6) is 4.04. The molecule has 0 radical (unpaired) electrons. The first kappa shape index (κ1) is 13.7. The Morgan fingerprint density at radius 2 is 1.86 bits per heavy atom. The number of fused-ring (bicyclic) bond motifs is 1. The summed E-state index contributed by atoms with van der Waals surface area (Å²) in [4.78, 5) is 4.76. The smallest absolute Gasteiger partial charge is 0.243 e. The van der Waals surface area contributed by atoms with Gasteiger partial charge in [0.15, 0.2) is 5.82 Å². The molecule has 1 aromatic heterocycles. The van der Waals surface area contributed by atoms with E-state index in [1.807, 2.05) is 0 Å². The van der Waals surface area contributed by atoms with Gasteiger partial charge in [-0.2, -0.15) is 4.98 Å². The lowest BCUT2D eigenvalue weighted by Crippen LogP contribution is -2.30. The van der Waals surface area contributed by atoms with Gasteiger partial charge < -0.3 is 9.84 Å². The van der Waals surface area contributed by atoms with Gasteiger partial charge >= 0.3 is 0 Å². The number of hydrogen-bond donors (Lipinski definition) is 1. The summed E-state index contributed by atoms with van der Waals surface area (Å²) >= 11 is 0. The van der Waals surface area contributed by atoms with Gasteiger partial charge in [-0.05, 0) is 43.9 Å². The normalized spacial score (nSPS) is 40.1. The summed E-state index contributed by atoms with van der Waals surface area (Å²) in [6, 6.07) is 0.997. The van der Waals surface area contributed by atoms with E-state index in [1.165, 1.54) is 57.8 Å². The Kier molecular flexibility index (Phi) is 3.74. The van der Waals surface area contributed by atoms with Crippen molar-refractivity contribution in [3.8, 4) is 0 Å². The third-order valence-corrected chi connectivity index (χ3v) is 6.00. The maximum Gasteiger partial charge on any atom is 0.243 e. The fourth-order valence-corrected chi connectivity index (χ4v) is 4.58. The van der Waals surface area contributed by atoms with Gasteiger partial charge in [-0.3, -0.25) is 0 Å². The molecule has 1 N–H and O–H groups in total. The van der Waals surface area contributed by atoms with Crippen LogP contribution in [0, 0.1) is 11.8 Å². The maximum absolute atomic E-state index is 5.61. The number of rotatable bonds is 2. The van der Waals surface area contributed by atoms with Crippen molar-refractivity contribution in [2.45, 2.75) is 82.7 Å². The molecule has 3 atom stereocenters. The van der Waals surface area contributed by atoms with Crippen LogP contribution in [0.2, 0.25) is 0 Å². The summed E-state index contributed by atoms with van der Waals surface area (Å²) < 4.78 is 5.61. The van der Waals surface area contributed by atoms with Crippen LogP contribution in [-0.2, 0) is 0 Å². The molecule has 3 fully saturated rings. The van der Waals surface area contributed by atoms with E-state index in [0.717, 1.165) is 23.6 Å². The first-order valence-electron chi connectivity index (χ1n) is 8.89. The van der Waals surface area contributed by atoms with Gasteiger partial charge in [0, 0.05) is 12.0 Å². The minimum Gasteiger partial charge on any atom is -0.338 e. The van der Waals surface area contributed by atoms with Gasteiger partial charge in [0.2, 0.25) is 5.89 Å². The number of nitrogens with one attached hydrogen (secondary N) is 1. The van der Waals surface area contributed by atoms with Crippen LogP contribution in [0.3, 0.4) is 0 Å². The van der Waals surface area contributed by atoms with Crippen molar-refractivity contribution >= 4 is 0 Å². The van der Waals surface area contributed by atoms with Crippen LogP contribution in [0.15, 0.2) is 4.52 Å². The Morgan fingerprint density at radius 3 is 2.67 bits per heavy atom.